The Labute approximate surface area is 148 Å². The van der Waals surface area contributed by atoms with Gasteiger partial charge in [0.2, 0.25) is 5.91 Å². The topological polar surface area (TPSA) is 118 Å². The summed E-state index contributed by atoms with van der Waals surface area (Å²) in [7, 11) is 0. The molecule has 0 bridgehead atoms. The monoisotopic (exact) mass is 362 g/mol. The molecule has 1 amide bonds. The first-order chi connectivity index (χ1) is 11.7. The molecule has 2 N–H and O–H groups in total. The maximum atomic E-state index is 12.2. The molecule has 25 heavy (non-hydrogen) atoms. The lowest BCUT2D eigenvalue weighted by Crippen LogP contribution is -2.18. The number of aryl methyl sites for hydroxylation is 3. The van der Waals surface area contributed by atoms with E-state index < -0.39 is 10.8 Å². The van der Waals surface area contributed by atoms with Crippen LogP contribution in [0.5, 0.6) is 0 Å². The minimum absolute atomic E-state index is 0.0318. The Morgan fingerprint density at radius 3 is 2.60 bits per heavy atom. The minimum atomic E-state index is -0.523. The molecular weight excluding hydrogens is 344 g/mol. The van der Waals surface area contributed by atoms with Crippen molar-refractivity contribution >= 4 is 29.0 Å². The number of carbonyl (C=O) groups excluding carboxylic acids is 1. The Kier molecular flexibility index (Phi) is 5.58. The van der Waals surface area contributed by atoms with Gasteiger partial charge in [0.25, 0.3) is 11.2 Å². The molecule has 0 aliphatic heterocycles. The molecule has 0 atom stereocenters. The Hall–Kier alpha value is -2.68. The summed E-state index contributed by atoms with van der Waals surface area (Å²) in [4.78, 5) is 41.3. The molecule has 0 aliphatic carbocycles. The highest BCUT2D eigenvalue weighted by atomic mass is 32.2. The second-order valence-electron chi connectivity index (χ2n) is 5.65. The summed E-state index contributed by atoms with van der Waals surface area (Å²) in [5.74, 6) is -0.448. The fourth-order valence-corrected chi connectivity index (χ4v) is 2.96. The number of anilines is 1. The van der Waals surface area contributed by atoms with Gasteiger partial charge in [-0.3, -0.25) is 19.7 Å². The summed E-state index contributed by atoms with van der Waals surface area (Å²) in [6, 6.07) is 3.18. The molecule has 2 aromatic rings. The summed E-state index contributed by atoms with van der Waals surface area (Å²) in [5, 5.41) is 14.1. The fraction of sp³-hybridized carbons (Fsp3) is 0.312. The number of thioether (sulfide) groups is 1. The van der Waals surface area contributed by atoms with Crippen molar-refractivity contribution in [3.8, 4) is 0 Å². The molecule has 1 heterocycles. The number of nitrogens with one attached hydrogen (secondary N) is 2. The Morgan fingerprint density at radius 1 is 1.32 bits per heavy atom. The van der Waals surface area contributed by atoms with Crippen LogP contribution in [0.2, 0.25) is 0 Å². The van der Waals surface area contributed by atoms with Gasteiger partial charge in [0, 0.05) is 17.3 Å². The third kappa shape index (κ3) is 4.44. The van der Waals surface area contributed by atoms with Crippen LogP contribution >= 0.6 is 11.8 Å². The summed E-state index contributed by atoms with van der Waals surface area (Å²) < 4.78 is 0. The van der Waals surface area contributed by atoms with E-state index in [2.05, 4.69) is 15.3 Å². The molecule has 1 aromatic heterocycles. The fourth-order valence-electron chi connectivity index (χ4n) is 2.25. The Morgan fingerprint density at radius 2 is 2.00 bits per heavy atom. The first-order valence-corrected chi connectivity index (χ1v) is 8.43. The lowest BCUT2D eigenvalue weighted by molar-refractivity contribution is -0.384. The van der Waals surface area contributed by atoms with Crippen molar-refractivity contribution in [3.63, 3.8) is 0 Å². The molecule has 0 aliphatic rings. The minimum Gasteiger partial charge on any atom is -0.319 e. The van der Waals surface area contributed by atoms with Crippen molar-refractivity contribution in [1.82, 2.24) is 9.97 Å². The first kappa shape index (κ1) is 18.7. The molecule has 0 unspecified atom stereocenters. The van der Waals surface area contributed by atoms with Gasteiger partial charge in [0.1, 0.15) is 5.69 Å². The van der Waals surface area contributed by atoms with Gasteiger partial charge in [-0.2, -0.15) is 0 Å². The highest BCUT2D eigenvalue weighted by molar-refractivity contribution is 7.99. The number of amides is 1. The second-order valence-corrected chi connectivity index (χ2v) is 6.62. The van der Waals surface area contributed by atoms with Gasteiger partial charge < -0.3 is 10.3 Å². The van der Waals surface area contributed by atoms with Crippen LogP contribution in [0.1, 0.15) is 22.4 Å². The molecule has 8 nitrogen and oxygen atoms in total. The van der Waals surface area contributed by atoms with Crippen molar-refractivity contribution < 1.29 is 9.72 Å². The quantitative estimate of drug-likeness (QED) is 0.365. The average molecular weight is 362 g/mol. The zero-order valence-electron chi connectivity index (χ0n) is 14.3. The van der Waals surface area contributed by atoms with Gasteiger partial charge in [-0.15, -0.1) is 0 Å². The number of nitro groups is 1. The van der Waals surface area contributed by atoms with E-state index in [-0.39, 0.29) is 22.7 Å². The zero-order valence-corrected chi connectivity index (χ0v) is 15.1. The van der Waals surface area contributed by atoms with E-state index in [1.165, 1.54) is 6.07 Å². The first-order valence-electron chi connectivity index (χ1n) is 7.45. The third-order valence-electron chi connectivity index (χ3n) is 3.63. The predicted molar refractivity (Wildman–Crippen MR) is 96.3 cm³/mol. The van der Waals surface area contributed by atoms with Gasteiger partial charge in [-0.05, 0) is 38.8 Å². The largest absolute Gasteiger partial charge is 0.319 e. The molecule has 0 saturated carbocycles. The van der Waals surface area contributed by atoms with Crippen molar-refractivity contribution in [3.05, 3.63) is 55.0 Å². The molecule has 0 spiro atoms. The van der Waals surface area contributed by atoms with E-state index in [0.717, 1.165) is 17.3 Å². The number of aromatic nitrogens is 2. The molecule has 132 valence electrons. The number of hydrogen-bond donors (Lipinski definition) is 2. The zero-order chi connectivity index (χ0) is 18.7. The van der Waals surface area contributed by atoms with Crippen molar-refractivity contribution in [2.24, 2.45) is 0 Å². The van der Waals surface area contributed by atoms with Gasteiger partial charge in [0.15, 0.2) is 5.16 Å². The number of carbonyl (C=O) groups is 1. The van der Waals surface area contributed by atoms with E-state index in [1.807, 2.05) is 0 Å². The van der Waals surface area contributed by atoms with Crippen LogP contribution in [-0.4, -0.2) is 26.6 Å². The molecule has 2 rings (SSSR count). The standard InChI is InChI=1S/C16H18N4O4S/c1-8-5-9(2)14(12(6-8)20(23)24)18-13(21)7-25-16-17-11(4)10(3)15(22)19-16/h5-6H,7H2,1-4H3,(H,18,21)(H,17,19,22). The number of benzene rings is 1. The molecular formula is C16H18N4O4S. The second kappa shape index (κ2) is 7.47. The van der Waals surface area contributed by atoms with Gasteiger partial charge in [-0.25, -0.2) is 4.98 Å². The number of H-pyrrole nitrogens is 1. The van der Waals surface area contributed by atoms with Crippen LogP contribution in [0.25, 0.3) is 0 Å². The molecule has 1 aromatic carbocycles. The molecule has 0 radical (unpaired) electrons. The average Bonchev–Trinajstić information content (AvgIpc) is 2.52. The van der Waals surface area contributed by atoms with Crippen molar-refractivity contribution in [2.75, 3.05) is 11.1 Å². The third-order valence-corrected chi connectivity index (χ3v) is 4.51. The van der Waals surface area contributed by atoms with Crippen LogP contribution in [0.3, 0.4) is 0 Å². The van der Waals surface area contributed by atoms with Gasteiger partial charge in [-0.1, -0.05) is 17.8 Å². The SMILES string of the molecule is Cc1cc(C)c(NC(=O)CSc2nc(C)c(C)c(=O)[nH]2)c([N+](=O)[O-])c1. The smallest absolute Gasteiger partial charge is 0.293 e. The number of rotatable bonds is 5. The molecule has 0 fully saturated rings. The van der Waals surface area contributed by atoms with Crippen LogP contribution in [-0.2, 0) is 4.79 Å². The highest BCUT2D eigenvalue weighted by Gasteiger charge is 2.19. The number of nitrogens with zero attached hydrogens (tertiary/aromatic N) is 2. The summed E-state index contributed by atoms with van der Waals surface area (Å²) in [6.45, 7) is 6.84. The van der Waals surface area contributed by atoms with Gasteiger partial charge >= 0.3 is 0 Å². The van der Waals surface area contributed by atoms with E-state index in [0.29, 0.717) is 22.0 Å². The normalized spacial score (nSPS) is 10.6. The Bertz CT molecular complexity index is 908. The maximum Gasteiger partial charge on any atom is 0.293 e. The predicted octanol–water partition coefficient (Wildman–Crippen LogP) is 2.64. The highest BCUT2D eigenvalue weighted by Crippen LogP contribution is 2.29. The molecule has 0 saturated heterocycles. The number of nitro benzene ring substituents is 1. The number of aromatic amines is 1. The van der Waals surface area contributed by atoms with Crippen LogP contribution in [0.15, 0.2) is 22.1 Å². The summed E-state index contributed by atoms with van der Waals surface area (Å²) in [5.41, 5.74) is 2.27. The summed E-state index contributed by atoms with van der Waals surface area (Å²) in [6.07, 6.45) is 0. The lowest BCUT2D eigenvalue weighted by Gasteiger charge is -2.10. The van der Waals surface area contributed by atoms with E-state index in [4.69, 9.17) is 0 Å². The van der Waals surface area contributed by atoms with E-state index >= 15 is 0 Å². The maximum absolute atomic E-state index is 12.2. The van der Waals surface area contributed by atoms with Crippen molar-refractivity contribution in [2.45, 2.75) is 32.9 Å². The van der Waals surface area contributed by atoms with E-state index in [1.54, 1.807) is 33.8 Å². The van der Waals surface area contributed by atoms with Crippen LogP contribution in [0, 0.1) is 37.8 Å². The Balaban J connectivity index is 2.14. The van der Waals surface area contributed by atoms with Crippen LogP contribution < -0.4 is 10.9 Å². The lowest BCUT2D eigenvalue weighted by atomic mass is 10.1. The van der Waals surface area contributed by atoms with Gasteiger partial charge in [0.05, 0.1) is 10.7 Å². The van der Waals surface area contributed by atoms with Crippen molar-refractivity contribution in [1.29, 1.82) is 0 Å². The number of hydrogen-bond acceptors (Lipinski definition) is 6. The van der Waals surface area contributed by atoms with E-state index in [9.17, 15) is 19.7 Å². The molecule has 9 heteroatoms. The summed E-state index contributed by atoms with van der Waals surface area (Å²) >= 11 is 1.06. The van der Waals surface area contributed by atoms with Crippen LogP contribution in [0.4, 0.5) is 11.4 Å².